The second kappa shape index (κ2) is 4.02. The van der Waals surface area contributed by atoms with Crippen LogP contribution in [0.3, 0.4) is 0 Å². The first-order valence-electron chi connectivity index (χ1n) is 5.00. The largest absolute Gasteiger partial charge is 0.396 e. The molecule has 1 saturated carbocycles. The molecule has 0 amide bonds. The number of sulfone groups is 1. The highest BCUT2D eigenvalue weighted by atomic mass is 35.5. The minimum Gasteiger partial charge on any atom is -0.396 e. The van der Waals surface area contributed by atoms with E-state index in [1.807, 2.05) is 12.1 Å². The third-order valence-corrected chi connectivity index (χ3v) is 4.94. The van der Waals surface area contributed by atoms with Gasteiger partial charge in [0.2, 0.25) is 0 Å². The van der Waals surface area contributed by atoms with Crippen LogP contribution in [0.5, 0.6) is 0 Å². The Labute approximate surface area is 100.0 Å². The van der Waals surface area contributed by atoms with E-state index < -0.39 is 15.1 Å². The fraction of sp³-hybridized carbons (Fsp3) is 0.455. The van der Waals surface area contributed by atoms with Gasteiger partial charge < -0.3 is 5.11 Å². The van der Waals surface area contributed by atoms with Crippen LogP contribution in [0.1, 0.15) is 11.5 Å². The van der Waals surface area contributed by atoms with Crippen LogP contribution in [0.25, 0.3) is 0 Å². The Morgan fingerprint density at radius 2 is 1.88 bits per heavy atom. The third-order valence-electron chi connectivity index (χ3n) is 3.06. The van der Waals surface area contributed by atoms with Gasteiger partial charge in [0.25, 0.3) is 0 Å². The average molecular weight is 261 g/mol. The molecule has 2 rings (SSSR count). The summed E-state index contributed by atoms with van der Waals surface area (Å²) in [5.41, 5.74) is 0.930. The van der Waals surface area contributed by atoms with Crippen molar-refractivity contribution in [2.24, 2.45) is 5.92 Å². The number of halogens is 1. The number of aliphatic hydroxyl groups is 1. The van der Waals surface area contributed by atoms with E-state index in [0.29, 0.717) is 5.02 Å². The van der Waals surface area contributed by atoms with Crippen molar-refractivity contribution in [2.45, 2.75) is 11.2 Å². The summed E-state index contributed by atoms with van der Waals surface area (Å²) < 4.78 is 23.0. The zero-order chi connectivity index (χ0) is 11.9. The molecule has 0 heterocycles. The fourth-order valence-electron chi connectivity index (χ4n) is 2.27. The normalized spacial score (nSPS) is 29.1. The molecule has 0 aromatic heterocycles. The maximum atomic E-state index is 11.5. The zero-order valence-electron chi connectivity index (χ0n) is 8.80. The molecule has 1 aliphatic carbocycles. The molecule has 1 N–H and O–H groups in total. The van der Waals surface area contributed by atoms with Crippen LogP contribution in [0.2, 0.25) is 5.02 Å². The molecule has 1 aliphatic rings. The van der Waals surface area contributed by atoms with E-state index in [1.165, 1.54) is 6.26 Å². The van der Waals surface area contributed by atoms with Gasteiger partial charge in [0.15, 0.2) is 9.84 Å². The smallest absolute Gasteiger partial charge is 0.151 e. The summed E-state index contributed by atoms with van der Waals surface area (Å²) in [5.74, 6) is -0.256. The number of hydrogen-bond donors (Lipinski definition) is 1. The number of hydrogen-bond acceptors (Lipinski definition) is 3. The van der Waals surface area contributed by atoms with Crippen LogP contribution in [0.15, 0.2) is 24.3 Å². The first-order valence-corrected chi connectivity index (χ1v) is 7.33. The molecule has 0 saturated heterocycles. The Balaban J connectivity index is 2.27. The molecule has 1 aromatic carbocycles. The summed E-state index contributed by atoms with van der Waals surface area (Å²) in [4.78, 5) is 0. The molecular formula is C11H13ClO3S. The summed E-state index contributed by atoms with van der Waals surface area (Å²) in [5, 5.41) is 9.32. The van der Waals surface area contributed by atoms with Crippen LogP contribution < -0.4 is 0 Å². The van der Waals surface area contributed by atoms with Gasteiger partial charge in [0.1, 0.15) is 0 Å². The quantitative estimate of drug-likeness (QED) is 0.895. The van der Waals surface area contributed by atoms with Gasteiger partial charge >= 0.3 is 0 Å². The van der Waals surface area contributed by atoms with E-state index in [-0.39, 0.29) is 18.4 Å². The Morgan fingerprint density at radius 1 is 1.31 bits per heavy atom. The van der Waals surface area contributed by atoms with Crippen LogP contribution in [-0.4, -0.2) is 31.6 Å². The van der Waals surface area contributed by atoms with Gasteiger partial charge in [-0.2, -0.15) is 0 Å². The molecule has 1 aromatic rings. The zero-order valence-corrected chi connectivity index (χ0v) is 10.4. The van der Waals surface area contributed by atoms with Crippen molar-refractivity contribution in [3.05, 3.63) is 34.9 Å². The van der Waals surface area contributed by atoms with Crippen molar-refractivity contribution < 1.29 is 13.5 Å². The SMILES string of the molecule is CS(=O)(=O)C1C(CO)C1c1ccc(Cl)cc1. The van der Waals surface area contributed by atoms with Crippen molar-refractivity contribution in [1.82, 2.24) is 0 Å². The summed E-state index contributed by atoms with van der Waals surface area (Å²) in [6.45, 7) is -0.0922. The predicted molar refractivity (Wildman–Crippen MR) is 63.4 cm³/mol. The van der Waals surface area contributed by atoms with Crippen molar-refractivity contribution >= 4 is 21.4 Å². The van der Waals surface area contributed by atoms with Gasteiger partial charge in [-0.1, -0.05) is 23.7 Å². The average Bonchev–Trinajstić information content (AvgIpc) is 2.92. The highest BCUT2D eigenvalue weighted by Crippen LogP contribution is 2.51. The summed E-state index contributed by atoms with van der Waals surface area (Å²) >= 11 is 5.77. The van der Waals surface area contributed by atoms with E-state index in [0.717, 1.165) is 5.56 Å². The molecule has 0 aliphatic heterocycles. The Bertz CT molecular complexity index is 480. The van der Waals surface area contributed by atoms with Gasteiger partial charge in [-0.25, -0.2) is 8.42 Å². The molecule has 88 valence electrons. The highest BCUT2D eigenvalue weighted by molar-refractivity contribution is 7.91. The van der Waals surface area contributed by atoms with Crippen LogP contribution >= 0.6 is 11.6 Å². The lowest BCUT2D eigenvalue weighted by Crippen LogP contribution is -2.08. The van der Waals surface area contributed by atoms with Gasteiger partial charge in [0.05, 0.1) is 5.25 Å². The lowest BCUT2D eigenvalue weighted by molar-refractivity contribution is 0.274. The van der Waals surface area contributed by atoms with E-state index in [9.17, 15) is 8.42 Å². The Hall–Kier alpha value is -0.580. The second-order valence-electron chi connectivity index (χ2n) is 4.22. The highest BCUT2D eigenvalue weighted by Gasteiger charge is 2.56. The van der Waals surface area contributed by atoms with E-state index >= 15 is 0 Å². The standard InChI is InChI=1S/C11H13ClO3S/c1-16(14,15)11-9(6-13)10(11)7-2-4-8(12)5-3-7/h2-5,9-11,13H,6H2,1H3. The van der Waals surface area contributed by atoms with E-state index in [2.05, 4.69) is 0 Å². The molecule has 3 nitrogen and oxygen atoms in total. The van der Waals surface area contributed by atoms with Crippen LogP contribution in [0.4, 0.5) is 0 Å². The molecule has 0 bridgehead atoms. The number of aliphatic hydroxyl groups excluding tert-OH is 1. The van der Waals surface area contributed by atoms with Gasteiger partial charge in [-0.3, -0.25) is 0 Å². The first kappa shape index (κ1) is 11.9. The summed E-state index contributed by atoms with van der Waals surface area (Å²) in [6.07, 6.45) is 1.22. The molecule has 0 radical (unpaired) electrons. The topological polar surface area (TPSA) is 54.4 Å². The minimum absolute atomic E-state index is 0.0859. The molecule has 3 atom stereocenters. The minimum atomic E-state index is -3.09. The Morgan fingerprint density at radius 3 is 2.25 bits per heavy atom. The maximum absolute atomic E-state index is 11.5. The fourth-order valence-corrected chi connectivity index (χ4v) is 4.08. The lowest BCUT2D eigenvalue weighted by Gasteiger charge is -1.99. The molecular weight excluding hydrogens is 248 g/mol. The van der Waals surface area contributed by atoms with Crippen molar-refractivity contribution in [3.63, 3.8) is 0 Å². The van der Waals surface area contributed by atoms with Crippen LogP contribution in [0, 0.1) is 5.92 Å². The molecule has 0 spiro atoms. The lowest BCUT2D eigenvalue weighted by atomic mass is 10.1. The molecule has 3 unspecified atom stereocenters. The van der Waals surface area contributed by atoms with E-state index in [4.69, 9.17) is 16.7 Å². The number of benzene rings is 1. The predicted octanol–water partition coefficient (Wildman–Crippen LogP) is 1.46. The molecule has 1 fully saturated rings. The van der Waals surface area contributed by atoms with Gasteiger partial charge in [-0.05, 0) is 17.7 Å². The van der Waals surface area contributed by atoms with Crippen molar-refractivity contribution in [1.29, 1.82) is 0 Å². The first-order chi connectivity index (χ1) is 7.45. The summed E-state index contributed by atoms with van der Waals surface area (Å²) in [6, 6.07) is 7.12. The van der Waals surface area contributed by atoms with E-state index in [1.54, 1.807) is 12.1 Å². The molecule has 5 heteroatoms. The monoisotopic (exact) mass is 260 g/mol. The van der Waals surface area contributed by atoms with Crippen molar-refractivity contribution in [3.8, 4) is 0 Å². The van der Waals surface area contributed by atoms with Crippen molar-refractivity contribution in [2.75, 3.05) is 12.9 Å². The van der Waals surface area contributed by atoms with Gasteiger partial charge in [-0.15, -0.1) is 0 Å². The molecule has 16 heavy (non-hydrogen) atoms. The third kappa shape index (κ3) is 2.10. The maximum Gasteiger partial charge on any atom is 0.151 e. The van der Waals surface area contributed by atoms with Gasteiger partial charge in [0, 0.05) is 29.7 Å². The summed E-state index contributed by atoms with van der Waals surface area (Å²) in [7, 11) is -3.09. The number of rotatable bonds is 3. The Kier molecular flexibility index (Phi) is 2.99. The second-order valence-corrected chi connectivity index (χ2v) is 6.86. The van der Waals surface area contributed by atoms with Crippen LogP contribution in [-0.2, 0) is 9.84 Å².